The Morgan fingerprint density at radius 3 is 2.11 bits per heavy atom. The summed E-state index contributed by atoms with van der Waals surface area (Å²) in [4.78, 5) is 12.4. The third-order valence-electron chi connectivity index (χ3n) is 3.84. The molecule has 0 aliphatic rings. The van der Waals surface area contributed by atoms with Crippen LogP contribution in [0.2, 0.25) is 0 Å². The van der Waals surface area contributed by atoms with E-state index >= 15 is 0 Å². The number of hydrogen-bond acceptors (Lipinski definition) is 6. The van der Waals surface area contributed by atoms with Gasteiger partial charge in [0.25, 0.3) is 5.91 Å². The zero-order chi connectivity index (χ0) is 19.1. The molecule has 0 fully saturated rings. The van der Waals surface area contributed by atoms with Crippen molar-refractivity contribution in [2.75, 3.05) is 24.9 Å². The highest BCUT2D eigenvalue weighted by molar-refractivity contribution is 6.04. The van der Waals surface area contributed by atoms with Crippen LogP contribution in [0.4, 0.5) is 11.6 Å². The lowest BCUT2D eigenvalue weighted by Gasteiger charge is -2.09. The normalized spacial score (nSPS) is 10.1. The molecule has 7 heteroatoms. The molecule has 3 aromatic rings. The fraction of sp³-hybridized carbons (Fsp3) is 0.150. The van der Waals surface area contributed by atoms with Gasteiger partial charge in [0.1, 0.15) is 17.3 Å². The number of ether oxygens (including phenoxy) is 2. The second kappa shape index (κ2) is 8.66. The van der Waals surface area contributed by atoms with E-state index < -0.39 is 0 Å². The summed E-state index contributed by atoms with van der Waals surface area (Å²) in [5.74, 6) is 1.72. The maximum Gasteiger partial charge on any atom is 0.257 e. The Kier molecular flexibility index (Phi) is 5.84. The summed E-state index contributed by atoms with van der Waals surface area (Å²) in [5, 5.41) is 14.0. The van der Waals surface area contributed by atoms with Crippen LogP contribution in [0, 0.1) is 0 Å². The second-order valence-electron chi connectivity index (χ2n) is 5.70. The van der Waals surface area contributed by atoms with Gasteiger partial charge in [-0.2, -0.15) is 0 Å². The molecule has 1 aromatic heterocycles. The lowest BCUT2D eigenvalue weighted by Crippen LogP contribution is -2.14. The maximum atomic E-state index is 12.4. The summed E-state index contributed by atoms with van der Waals surface area (Å²) >= 11 is 0. The molecule has 0 unspecified atom stereocenters. The summed E-state index contributed by atoms with van der Waals surface area (Å²) in [6.07, 6.45) is 0. The van der Waals surface area contributed by atoms with E-state index in [9.17, 15) is 4.79 Å². The fourth-order valence-corrected chi connectivity index (χ4v) is 2.41. The average Bonchev–Trinajstić information content (AvgIpc) is 2.73. The van der Waals surface area contributed by atoms with E-state index in [1.165, 1.54) is 14.2 Å². The number of rotatable bonds is 7. The first-order valence-electron chi connectivity index (χ1n) is 8.34. The van der Waals surface area contributed by atoms with Crippen molar-refractivity contribution in [3.05, 3.63) is 71.8 Å². The molecule has 138 valence electrons. The Morgan fingerprint density at radius 2 is 1.52 bits per heavy atom. The molecule has 0 spiro atoms. The van der Waals surface area contributed by atoms with Crippen LogP contribution in [0.1, 0.15) is 15.9 Å². The predicted molar refractivity (Wildman–Crippen MR) is 103 cm³/mol. The van der Waals surface area contributed by atoms with E-state index in [0.717, 1.165) is 5.56 Å². The standard InChI is InChI=1S/C20H20N4O3/c1-26-16-10-15(11-17(12-16)27-2)20(25)22-19-9-8-18(23-24-19)21-13-14-6-4-3-5-7-14/h3-12H,13H2,1-2H3,(H,21,23)(H,22,24,25). The maximum absolute atomic E-state index is 12.4. The van der Waals surface area contributed by atoms with E-state index in [1.807, 2.05) is 30.3 Å². The van der Waals surface area contributed by atoms with E-state index in [-0.39, 0.29) is 5.91 Å². The van der Waals surface area contributed by atoms with Gasteiger partial charge in [0.05, 0.1) is 14.2 Å². The average molecular weight is 364 g/mol. The molecular formula is C20H20N4O3. The van der Waals surface area contributed by atoms with Crippen molar-refractivity contribution < 1.29 is 14.3 Å². The van der Waals surface area contributed by atoms with Crippen LogP contribution < -0.4 is 20.1 Å². The molecule has 1 amide bonds. The molecule has 0 aliphatic heterocycles. The predicted octanol–water partition coefficient (Wildman–Crippen LogP) is 3.36. The zero-order valence-electron chi connectivity index (χ0n) is 15.1. The Balaban J connectivity index is 1.63. The number of nitrogens with one attached hydrogen (secondary N) is 2. The van der Waals surface area contributed by atoms with Crippen molar-refractivity contribution in [1.29, 1.82) is 0 Å². The van der Waals surface area contributed by atoms with Gasteiger partial charge in [-0.1, -0.05) is 30.3 Å². The third kappa shape index (κ3) is 4.94. The quantitative estimate of drug-likeness (QED) is 0.669. The Labute approximate surface area is 157 Å². The number of methoxy groups -OCH3 is 2. The molecule has 2 N–H and O–H groups in total. The highest BCUT2D eigenvalue weighted by atomic mass is 16.5. The SMILES string of the molecule is COc1cc(OC)cc(C(=O)Nc2ccc(NCc3ccccc3)nn2)c1. The largest absolute Gasteiger partial charge is 0.497 e. The number of hydrogen-bond donors (Lipinski definition) is 2. The van der Waals surface area contributed by atoms with Crippen LogP contribution in [0.15, 0.2) is 60.7 Å². The Hall–Kier alpha value is -3.61. The van der Waals surface area contributed by atoms with Crippen LogP contribution >= 0.6 is 0 Å². The molecule has 0 aliphatic carbocycles. The lowest BCUT2D eigenvalue weighted by atomic mass is 10.2. The topological polar surface area (TPSA) is 85.4 Å². The molecule has 0 saturated heterocycles. The molecule has 0 saturated carbocycles. The van der Waals surface area contributed by atoms with E-state index in [2.05, 4.69) is 20.8 Å². The number of carbonyl (C=O) groups excluding carboxylic acids is 1. The minimum absolute atomic E-state index is 0.327. The van der Waals surface area contributed by atoms with E-state index in [0.29, 0.717) is 35.2 Å². The first-order valence-corrected chi connectivity index (χ1v) is 8.34. The molecular weight excluding hydrogens is 344 g/mol. The molecule has 0 bridgehead atoms. The van der Waals surface area contributed by atoms with Crippen molar-refractivity contribution in [1.82, 2.24) is 10.2 Å². The number of carbonyl (C=O) groups is 1. The van der Waals surface area contributed by atoms with E-state index in [1.54, 1.807) is 30.3 Å². The number of aromatic nitrogens is 2. The van der Waals surface area contributed by atoms with Crippen molar-refractivity contribution in [2.45, 2.75) is 6.54 Å². The molecule has 3 rings (SSSR count). The van der Waals surface area contributed by atoms with E-state index in [4.69, 9.17) is 9.47 Å². The van der Waals surface area contributed by atoms with Crippen LogP contribution in [-0.4, -0.2) is 30.3 Å². The van der Waals surface area contributed by atoms with Gasteiger partial charge in [-0.15, -0.1) is 10.2 Å². The van der Waals surface area contributed by atoms with Gasteiger partial charge < -0.3 is 20.1 Å². The molecule has 1 heterocycles. The third-order valence-corrected chi connectivity index (χ3v) is 3.84. The Bertz CT molecular complexity index is 877. The number of anilines is 2. The molecule has 27 heavy (non-hydrogen) atoms. The van der Waals surface area contributed by atoms with Crippen LogP contribution in [-0.2, 0) is 6.54 Å². The molecule has 0 atom stereocenters. The van der Waals surface area contributed by atoms with Gasteiger partial charge in [0.15, 0.2) is 5.82 Å². The van der Waals surface area contributed by atoms with Crippen molar-refractivity contribution in [3.63, 3.8) is 0 Å². The van der Waals surface area contributed by atoms with Crippen LogP contribution in [0.25, 0.3) is 0 Å². The monoisotopic (exact) mass is 364 g/mol. The molecule has 0 radical (unpaired) electrons. The number of benzene rings is 2. The summed E-state index contributed by atoms with van der Waals surface area (Å²) in [5.41, 5.74) is 1.54. The first-order chi connectivity index (χ1) is 13.2. The van der Waals surface area contributed by atoms with Gasteiger partial charge in [-0.05, 0) is 29.8 Å². The molecule has 2 aromatic carbocycles. The highest BCUT2D eigenvalue weighted by Crippen LogP contribution is 2.23. The first kappa shape index (κ1) is 18.2. The Morgan fingerprint density at radius 1 is 0.889 bits per heavy atom. The smallest absolute Gasteiger partial charge is 0.257 e. The number of amides is 1. The van der Waals surface area contributed by atoms with Crippen LogP contribution in [0.5, 0.6) is 11.5 Å². The summed E-state index contributed by atoms with van der Waals surface area (Å²) in [6, 6.07) is 18.4. The molecule has 7 nitrogen and oxygen atoms in total. The number of nitrogens with zero attached hydrogens (tertiary/aromatic N) is 2. The summed E-state index contributed by atoms with van der Waals surface area (Å²) in [7, 11) is 3.06. The van der Waals surface area contributed by atoms with Gasteiger partial charge >= 0.3 is 0 Å². The van der Waals surface area contributed by atoms with Crippen molar-refractivity contribution in [3.8, 4) is 11.5 Å². The van der Waals surface area contributed by atoms with Gasteiger partial charge in [-0.25, -0.2) is 0 Å². The van der Waals surface area contributed by atoms with Crippen molar-refractivity contribution >= 4 is 17.5 Å². The minimum atomic E-state index is -0.327. The minimum Gasteiger partial charge on any atom is -0.497 e. The fourth-order valence-electron chi connectivity index (χ4n) is 2.41. The summed E-state index contributed by atoms with van der Waals surface area (Å²) < 4.78 is 10.4. The summed E-state index contributed by atoms with van der Waals surface area (Å²) in [6.45, 7) is 0.644. The van der Waals surface area contributed by atoms with Gasteiger partial charge in [0, 0.05) is 18.2 Å². The second-order valence-corrected chi connectivity index (χ2v) is 5.70. The van der Waals surface area contributed by atoms with Gasteiger partial charge in [0.2, 0.25) is 0 Å². The van der Waals surface area contributed by atoms with Crippen molar-refractivity contribution in [2.24, 2.45) is 0 Å². The van der Waals surface area contributed by atoms with Crippen LogP contribution in [0.3, 0.4) is 0 Å². The highest BCUT2D eigenvalue weighted by Gasteiger charge is 2.11. The van der Waals surface area contributed by atoms with Gasteiger partial charge in [-0.3, -0.25) is 4.79 Å². The lowest BCUT2D eigenvalue weighted by molar-refractivity contribution is 0.102. The zero-order valence-corrected chi connectivity index (χ0v) is 15.1.